The molecule has 1 aliphatic carbocycles. The van der Waals surface area contributed by atoms with Crippen LogP contribution in [0.4, 0.5) is 0 Å². The summed E-state index contributed by atoms with van der Waals surface area (Å²) in [6.45, 7) is -1.24. The van der Waals surface area contributed by atoms with Crippen molar-refractivity contribution in [2.45, 2.75) is 23.9 Å². The maximum atomic E-state index is 9.67. The predicted octanol–water partition coefficient (Wildman–Crippen LogP) is -3.62. The van der Waals surface area contributed by atoms with E-state index in [-0.39, 0.29) is 0 Å². The molecule has 5 atom stereocenters. The Labute approximate surface area is 75.2 Å². The van der Waals surface area contributed by atoms with E-state index in [0.717, 1.165) is 0 Å². The van der Waals surface area contributed by atoms with Gasteiger partial charge < -0.3 is 31.3 Å². The van der Waals surface area contributed by atoms with Crippen molar-refractivity contribution in [1.82, 2.24) is 0 Å². The molecule has 0 bridgehead atoms. The largest absolute Gasteiger partial charge is 0.396 e. The quantitative estimate of drug-likeness (QED) is 0.269. The van der Waals surface area contributed by atoms with Crippen LogP contribution >= 0.6 is 0 Å². The van der Waals surface area contributed by atoms with Crippen molar-refractivity contribution >= 4 is 0 Å². The predicted molar refractivity (Wildman–Crippen MR) is 42.6 cm³/mol. The number of nitrogens with two attached hydrogens (primary N) is 1. The average molecular weight is 193 g/mol. The van der Waals surface area contributed by atoms with Crippen LogP contribution in [-0.4, -0.2) is 62.6 Å². The van der Waals surface area contributed by atoms with Crippen molar-refractivity contribution in [1.29, 1.82) is 0 Å². The van der Waals surface area contributed by atoms with E-state index in [1.54, 1.807) is 0 Å². The first-order valence-corrected chi connectivity index (χ1v) is 4.04. The topological polar surface area (TPSA) is 127 Å². The van der Waals surface area contributed by atoms with E-state index in [2.05, 4.69) is 0 Å². The Morgan fingerprint density at radius 3 is 2.08 bits per heavy atom. The summed E-state index contributed by atoms with van der Waals surface area (Å²) in [5.41, 5.74) is 3.52. The average Bonchev–Trinajstić information content (AvgIpc) is 2.29. The molecule has 0 radical (unpaired) electrons. The van der Waals surface area contributed by atoms with Gasteiger partial charge >= 0.3 is 0 Å². The summed E-state index contributed by atoms with van der Waals surface area (Å²) in [5, 5.41) is 46.0. The molecule has 0 saturated heterocycles. The minimum atomic E-state index is -1.91. The normalized spacial score (nSPS) is 51.2. The molecule has 0 aromatic heterocycles. The van der Waals surface area contributed by atoms with Crippen molar-refractivity contribution in [2.75, 3.05) is 13.2 Å². The highest BCUT2D eigenvalue weighted by molar-refractivity contribution is 5.10. The fourth-order valence-electron chi connectivity index (χ4n) is 1.79. The van der Waals surface area contributed by atoms with Crippen molar-refractivity contribution in [3.63, 3.8) is 0 Å². The summed E-state index contributed by atoms with van der Waals surface area (Å²) < 4.78 is 0. The SMILES string of the molecule is N[C@H]1[C@H](O)[C@@H](O)[C@@](O)(CO)[C@H]1CO. The molecule has 13 heavy (non-hydrogen) atoms. The number of rotatable bonds is 2. The summed E-state index contributed by atoms with van der Waals surface area (Å²) in [6.07, 6.45) is -2.85. The van der Waals surface area contributed by atoms with Crippen LogP contribution in [0.2, 0.25) is 0 Å². The molecule has 6 nitrogen and oxygen atoms in total. The Bertz CT molecular complexity index is 190. The maximum Gasteiger partial charge on any atom is 0.123 e. The van der Waals surface area contributed by atoms with Gasteiger partial charge in [-0.05, 0) is 0 Å². The van der Waals surface area contributed by atoms with E-state index < -0.39 is 43.0 Å². The van der Waals surface area contributed by atoms with Crippen LogP contribution < -0.4 is 5.73 Å². The van der Waals surface area contributed by atoms with Gasteiger partial charge in [0.05, 0.1) is 19.3 Å². The van der Waals surface area contributed by atoms with Crippen molar-refractivity contribution in [2.24, 2.45) is 11.7 Å². The minimum Gasteiger partial charge on any atom is -0.396 e. The van der Waals surface area contributed by atoms with E-state index in [0.29, 0.717) is 0 Å². The van der Waals surface area contributed by atoms with Gasteiger partial charge in [-0.2, -0.15) is 0 Å². The van der Waals surface area contributed by atoms with Gasteiger partial charge in [-0.1, -0.05) is 0 Å². The molecule has 0 aromatic rings. The molecule has 1 rings (SSSR count). The Balaban J connectivity index is 2.93. The second-order valence-electron chi connectivity index (χ2n) is 3.45. The van der Waals surface area contributed by atoms with Crippen molar-refractivity contribution < 1.29 is 25.5 Å². The van der Waals surface area contributed by atoms with E-state index >= 15 is 0 Å². The fraction of sp³-hybridized carbons (Fsp3) is 1.00. The lowest BCUT2D eigenvalue weighted by Crippen LogP contribution is -2.50. The Hall–Kier alpha value is -0.240. The van der Waals surface area contributed by atoms with Crippen LogP contribution in [0.1, 0.15) is 0 Å². The van der Waals surface area contributed by atoms with Gasteiger partial charge in [0, 0.05) is 12.0 Å². The smallest absolute Gasteiger partial charge is 0.123 e. The lowest BCUT2D eigenvalue weighted by atomic mass is 9.89. The van der Waals surface area contributed by atoms with Gasteiger partial charge in [0.15, 0.2) is 0 Å². The summed E-state index contributed by atoms with van der Waals surface area (Å²) in [6, 6.07) is -0.933. The van der Waals surface area contributed by atoms with Crippen LogP contribution in [0.5, 0.6) is 0 Å². The van der Waals surface area contributed by atoms with E-state index in [1.165, 1.54) is 0 Å². The van der Waals surface area contributed by atoms with E-state index in [9.17, 15) is 15.3 Å². The highest BCUT2D eigenvalue weighted by atomic mass is 16.4. The van der Waals surface area contributed by atoms with Gasteiger partial charge in [0.1, 0.15) is 11.7 Å². The van der Waals surface area contributed by atoms with Crippen LogP contribution in [-0.2, 0) is 0 Å². The number of aliphatic hydroxyl groups excluding tert-OH is 4. The zero-order chi connectivity index (χ0) is 10.2. The molecule has 1 saturated carbocycles. The second kappa shape index (κ2) is 3.49. The molecular formula is C7H15NO5. The van der Waals surface area contributed by atoms with Crippen molar-refractivity contribution in [3.8, 4) is 0 Å². The van der Waals surface area contributed by atoms with Gasteiger partial charge in [0.25, 0.3) is 0 Å². The molecule has 0 spiro atoms. The fourth-order valence-corrected chi connectivity index (χ4v) is 1.79. The first kappa shape index (κ1) is 10.8. The third-order valence-corrected chi connectivity index (χ3v) is 2.79. The highest BCUT2D eigenvalue weighted by Crippen LogP contribution is 2.34. The first-order valence-electron chi connectivity index (χ1n) is 4.04. The third kappa shape index (κ3) is 1.35. The first-order chi connectivity index (χ1) is 5.99. The molecule has 0 amide bonds. The summed E-state index contributed by atoms with van der Waals surface area (Å²) in [4.78, 5) is 0. The van der Waals surface area contributed by atoms with Gasteiger partial charge in [-0.15, -0.1) is 0 Å². The van der Waals surface area contributed by atoms with Crippen molar-refractivity contribution in [3.05, 3.63) is 0 Å². The van der Waals surface area contributed by atoms with Crippen LogP contribution in [0, 0.1) is 5.92 Å². The summed E-state index contributed by atoms with van der Waals surface area (Å²) in [5.74, 6) is -0.914. The lowest BCUT2D eigenvalue weighted by Gasteiger charge is -2.30. The standard InChI is InChI=1S/C7H15NO5/c8-4-3(1-9)7(13,2-10)6(12)5(4)11/h3-6,9-13H,1-2,8H2/t3-,4+,5-,6+,7+/m0/s1. The molecule has 7 N–H and O–H groups in total. The summed E-state index contributed by atoms with van der Waals surface area (Å²) in [7, 11) is 0. The van der Waals surface area contributed by atoms with Crippen LogP contribution in [0.15, 0.2) is 0 Å². The molecule has 1 aliphatic rings. The van der Waals surface area contributed by atoms with Gasteiger partial charge in [-0.25, -0.2) is 0 Å². The van der Waals surface area contributed by atoms with E-state index in [4.69, 9.17) is 15.9 Å². The Morgan fingerprint density at radius 1 is 1.23 bits per heavy atom. The molecule has 0 aliphatic heterocycles. The number of hydrogen-bond acceptors (Lipinski definition) is 6. The monoisotopic (exact) mass is 193 g/mol. The molecule has 1 fully saturated rings. The Morgan fingerprint density at radius 2 is 1.77 bits per heavy atom. The molecule has 0 unspecified atom stereocenters. The lowest BCUT2D eigenvalue weighted by molar-refractivity contribution is -0.134. The van der Waals surface area contributed by atoms with Gasteiger partial charge in [-0.3, -0.25) is 0 Å². The minimum absolute atomic E-state index is 0.494. The zero-order valence-corrected chi connectivity index (χ0v) is 7.04. The number of hydrogen-bond donors (Lipinski definition) is 6. The molecule has 78 valence electrons. The molecule has 6 heteroatoms. The maximum absolute atomic E-state index is 9.67. The molecule has 0 heterocycles. The van der Waals surface area contributed by atoms with E-state index in [1.807, 2.05) is 0 Å². The number of aliphatic hydroxyl groups is 5. The van der Waals surface area contributed by atoms with Crippen LogP contribution in [0.3, 0.4) is 0 Å². The molecular weight excluding hydrogens is 178 g/mol. The van der Waals surface area contributed by atoms with Gasteiger partial charge in [0.2, 0.25) is 0 Å². The third-order valence-electron chi connectivity index (χ3n) is 2.79. The Kier molecular flexibility index (Phi) is 2.91. The highest BCUT2D eigenvalue weighted by Gasteiger charge is 2.57. The van der Waals surface area contributed by atoms with Crippen LogP contribution in [0.25, 0.3) is 0 Å². The second-order valence-corrected chi connectivity index (χ2v) is 3.45. The summed E-state index contributed by atoms with van der Waals surface area (Å²) >= 11 is 0. The molecule has 0 aromatic carbocycles. The zero-order valence-electron chi connectivity index (χ0n) is 7.04.